The lowest BCUT2D eigenvalue weighted by Crippen LogP contribution is -2.50. The molecule has 0 spiro atoms. The van der Waals surface area contributed by atoms with Gasteiger partial charge >= 0.3 is 0 Å². The maximum Gasteiger partial charge on any atom is 0.0991 e. The average molecular weight is 155 g/mol. The molecule has 0 rings (SSSR count). The Labute approximate surface area is 68.4 Å². The molecule has 0 aliphatic rings. The van der Waals surface area contributed by atoms with E-state index in [1.807, 2.05) is 26.8 Å². The Morgan fingerprint density at radius 3 is 2.55 bits per heavy atom. The van der Waals surface area contributed by atoms with E-state index in [1.165, 1.54) is 0 Å². The number of allylic oxidation sites excluding steroid dienone is 1. The highest BCUT2D eigenvalue weighted by Crippen LogP contribution is 2.09. The normalized spacial score (nSPS) is 14.9. The van der Waals surface area contributed by atoms with Crippen LogP contribution in [0.5, 0.6) is 0 Å². The summed E-state index contributed by atoms with van der Waals surface area (Å²) in [7, 11) is 0. The van der Waals surface area contributed by atoms with Crippen molar-refractivity contribution in [3.63, 3.8) is 0 Å². The summed E-state index contributed by atoms with van der Waals surface area (Å²) in [5.41, 5.74) is 5.43. The second-order valence-electron chi connectivity index (χ2n) is 2.96. The van der Waals surface area contributed by atoms with E-state index in [-0.39, 0.29) is 11.7 Å². The number of nitrogens with two attached hydrogens (primary N) is 1. The third-order valence-corrected chi connectivity index (χ3v) is 1.61. The van der Waals surface area contributed by atoms with Crippen molar-refractivity contribution in [2.45, 2.75) is 32.5 Å². The number of nitrogens with zero attached hydrogens (tertiary/aromatic N) is 1. The van der Waals surface area contributed by atoms with Crippen molar-refractivity contribution in [2.75, 3.05) is 0 Å². The van der Waals surface area contributed by atoms with Gasteiger partial charge in [0.15, 0.2) is 0 Å². The maximum absolute atomic E-state index is 5.75. The van der Waals surface area contributed by atoms with Gasteiger partial charge in [-0.3, -0.25) is 4.99 Å². The molecule has 0 heterocycles. The van der Waals surface area contributed by atoms with Crippen molar-refractivity contribution in [3.8, 4) is 0 Å². The molecule has 0 fully saturated rings. The van der Waals surface area contributed by atoms with Gasteiger partial charge in [-0.25, -0.2) is 0 Å². The van der Waals surface area contributed by atoms with Gasteiger partial charge in [-0.15, -0.1) is 0 Å². The van der Waals surface area contributed by atoms with E-state index >= 15 is 0 Å². The Hall–Kier alpha value is -0.830. The van der Waals surface area contributed by atoms with Crippen LogP contribution in [-0.4, -0.2) is 18.4 Å². The zero-order valence-corrected chi connectivity index (χ0v) is 7.46. The first kappa shape index (κ1) is 10.2. The molecule has 11 heavy (non-hydrogen) atoms. The number of hydrogen-bond acceptors (Lipinski definition) is 3. The van der Waals surface area contributed by atoms with Crippen molar-refractivity contribution >= 4 is 6.72 Å². The van der Waals surface area contributed by atoms with Gasteiger partial charge in [0, 0.05) is 0 Å². The third-order valence-electron chi connectivity index (χ3n) is 1.61. The van der Waals surface area contributed by atoms with E-state index in [9.17, 15) is 0 Å². The first-order valence-corrected chi connectivity index (χ1v) is 3.65. The highest BCUT2D eigenvalue weighted by atomic mass is 15.1. The van der Waals surface area contributed by atoms with Gasteiger partial charge in [0.2, 0.25) is 0 Å². The summed E-state index contributed by atoms with van der Waals surface area (Å²) in [6.07, 6.45) is 3.51. The Kier molecular flexibility index (Phi) is 3.82. The monoisotopic (exact) mass is 155 g/mol. The second-order valence-corrected chi connectivity index (χ2v) is 2.96. The van der Waals surface area contributed by atoms with Gasteiger partial charge in [0.25, 0.3) is 0 Å². The van der Waals surface area contributed by atoms with Crippen LogP contribution in [-0.2, 0) is 0 Å². The Morgan fingerprint density at radius 1 is 1.64 bits per heavy atom. The van der Waals surface area contributed by atoms with Crippen LogP contribution in [0.25, 0.3) is 0 Å². The minimum atomic E-state index is -0.320. The van der Waals surface area contributed by atoms with Crippen molar-refractivity contribution in [2.24, 2.45) is 10.7 Å². The molecule has 0 aliphatic heterocycles. The minimum absolute atomic E-state index is 0.184. The fourth-order valence-electron chi connectivity index (χ4n) is 0.502. The molecule has 64 valence electrons. The molecule has 3 nitrogen and oxygen atoms in total. The van der Waals surface area contributed by atoms with Gasteiger partial charge in [-0.05, 0) is 33.7 Å². The summed E-state index contributed by atoms with van der Waals surface area (Å²) in [5, 5.41) is 2.99. The fourth-order valence-corrected chi connectivity index (χ4v) is 0.502. The van der Waals surface area contributed by atoms with E-state index in [1.54, 1.807) is 6.20 Å². The van der Waals surface area contributed by atoms with E-state index in [4.69, 9.17) is 5.73 Å². The molecule has 3 N–H and O–H groups in total. The zero-order chi connectivity index (χ0) is 8.91. The highest BCUT2D eigenvalue weighted by Gasteiger charge is 2.22. The molecule has 0 saturated heterocycles. The standard InChI is InChI=1S/C8H17N3/c1-5-6-11-7(9)8(2,3)10-4/h5-7,11H,4,9H2,1-3H3/b6-5-. The Bertz CT molecular complexity index is 149. The van der Waals surface area contributed by atoms with Gasteiger partial charge in [-0.1, -0.05) is 6.08 Å². The lowest BCUT2D eigenvalue weighted by molar-refractivity contribution is 0.384. The molecule has 0 aromatic rings. The Balaban J connectivity index is 4.00. The topological polar surface area (TPSA) is 50.4 Å². The molecule has 0 aliphatic carbocycles. The molecule has 1 atom stereocenters. The third kappa shape index (κ3) is 3.18. The van der Waals surface area contributed by atoms with E-state index in [0.29, 0.717) is 0 Å². The average Bonchev–Trinajstić information content (AvgIpc) is 2.00. The molecule has 0 saturated carbocycles. The number of nitrogens with one attached hydrogen (secondary N) is 1. The summed E-state index contributed by atoms with van der Waals surface area (Å²) in [4.78, 5) is 3.90. The fraction of sp³-hybridized carbons (Fsp3) is 0.625. The molecule has 1 unspecified atom stereocenters. The van der Waals surface area contributed by atoms with Crippen molar-refractivity contribution in [1.29, 1.82) is 0 Å². The summed E-state index contributed by atoms with van der Waals surface area (Å²) < 4.78 is 0. The van der Waals surface area contributed by atoms with Crippen LogP contribution in [0.1, 0.15) is 20.8 Å². The SMILES string of the molecule is C=NC(C)(C)C(N)N/C=C\C. The largest absolute Gasteiger partial charge is 0.374 e. The van der Waals surface area contributed by atoms with Crippen LogP contribution in [0.2, 0.25) is 0 Å². The summed E-state index contributed by atoms with van der Waals surface area (Å²) in [6.45, 7) is 9.26. The number of hydrogen-bond donors (Lipinski definition) is 2. The second kappa shape index (κ2) is 4.13. The van der Waals surface area contributed by atoms with Crippen LogP contribution in [0, 0.1) is 0 Å². The lowest BCUT2D eigenvalue weighted by Gasteiger charge is -2.26. The number of aliphatic imine (C=N–C) groups is 1. The van der Waals surface area contributed by atoms with E-state index in [0.717, 1.165) is 0 Å². The molecule has 0 amide bonds. The van der Waals surface area contributed by atoms with Crippen molar-refractivity contribution in [1.82, 2.24) is 5.32 Å². The minimum Gasteiger partial charge on any atom is -0.374 e. The predicted molar refractivity (Wildman–Crippen MR) is 49.6 cm³/mol. The molecule has 0 radical (unpaired) electrons. The summed E-state index contributed by atoms with van der Waals surface area (Å²) >= 11 is 0. The molecular formula is C8H17N3. The number of rotatable bonds is 4. The van der Waals surface area contributed by atoms with Crippen LogP contribution < -0.4 is 11.1 Å². The zero-order valence-electron chi connectivity index (χ0n) is 7.46. The van der Waals surface area contributed by atoms with Crippen molar-refractivity contribution < 1.29 is 0 Å². The van der Waals surface area contributed by atoms with Crippen LogP contribution >= 0.6 is 0 Å². The van der Waals surface area contributed by atoms with E-state index < -0.39 is 0 Å². The highest BCUT2D eigenvalue weighted by molar-refractivity contribution is 5.26. The smallest absolute Gasteiger partial charge is 0.0991 e. The van der Waals surface area contributed by atoms with Gasteiger partial charge in [0.05, 0.1) is 11.7 Å². The predicted octanol–water partition coefficient (Wildman–Crippen LogP) is 0.874. The van der Waals surface area contributed by atoms with Crippen LogP contribution in [0.15, 0.2) is 17.3 Å². The summed E-state index contributed by atoms with van der Waals surface area (Å²) in [5.74, 6) is 0. The van der Waals surface area contributed by atoms with Gasteiger partial charge in [-0.2, -0.15) is 0 Å². The molecule has 0 aromatic carbocycles. The molecular weight excluding hydrogens is 138 g/mol. The van der Waals surface area contributed by atoms with Crippen LogP contribution in [0.4, 0.5) is 0 Å². The molecule has 0 bridgehead atoms. The lowest BCUT2D eigenvalue weighted by atomic mass is 10.0. The van der Waals surface area contributed by atoms with Crippen LogP contribution in [0.3, 0.4) is 0 Å². The van der Waals surface area contributed by atoms with Gasteiger partial charge < -0.3 is 11.1 Å². The molecule has 0 aromatic heterocycles. The Morgan fingerprint density at radius 2 is 2.18 bits per heavy atom. The first-order chi connectivity index (χ1) is 5.04. The van der Waals surface area contributed by atoms with E-state index in [2.05, 4.69) is 17.0 Å². The van der Waals surface area contributed by atoms with Gasteiger partial charge in [0.1, 0.15) is 0 Å². The van der Waals surface area contributed by atoms with Crippen molar-refractivity contribution in [3.05, 3.63) is 12.3 Å². The molecule has 3 heteroatoms. The maximum atomic E-state index is 5.75. The quantitative estimate of drug-likeness (QED) is 0.467. The summed E-state index contributed by atoms with van der Waals surface area (Å²) in [6, 6.07) is 0. The first-order valence-electron chi connectivity index (χ1n) is 3.65.